The molecule has 0 saturated carbocycles. The highest BCUT2D eigenvalue weighted by Gasteiger charge is 2.46. The van der Waals surface area contributed by atoms with Crippen molar-refractivity contribution in [3.8, 4) is 11.5 Å². The molecule has 8 heteroatoms. The van der Waals surface area contributed by atoms with Gasteiger partial charge in [0.15, 0.2) is 23.7 Å². The van der Waals surface area contributed by atoms with Crippen LogP contribution in [0.4, 0.5) is 0 Å². The van der Waals surface area contributed by atoms with E-state index in [-0.39, 0.29) is 12.3 Å². The van der Waals surface area contributed by atoms with Crippen molar-refractivity contribution in [2.45, 2.75) is 75.7 Å². The van der Waals surface area contributed by atoms with Crippen molar-refractivity contribution >= 4 is 11.9 Å². The zero-order chi connectivity index (χ0) is 26.9. The van der Waals surface area contributed by atoms with Gasteiger partial charge in [0.05, 0.1) is 12.7 Å². The Morgan fingerprint density at radius 3 is 2.71 bits per heavy atom. The zero-order valence-corrected chi connectivity index (χ0v) is 21.8. The molecule has 8 nitrogen and oxygen atoms in total. The number of aliphatic hydroxyl groups excluding tert-OH is 1. The standard InChI is InChI=1S/C30H35NO7/c1-18(31-28(33)26(32)19-8-4-3-5-9-19)29(34)38-23-14-15-30(35)17-25(23)37-27-22-11-7-6-10-21(30)16-20(22)12-13-24(27)36-2/h3-5,8-9,12-14,18,21,25-26,32,35H,6-7,10-11,15-17H2,1-2H3,(H,31,33)/t18-,21+,25+,26-,30-/m0/s1. The van der Waals surface area contributed by atoms with E-state index in [2.05, 4.69) is 11.4 Å². The van der Waals surface area contributed by atoms with E-state index in [1.807, 2.05) is 6.07 Å². The smallest absolute Gasteiger partial charge is 0.333 e. The summed E-state index contributed by atoms with van der Waals surface area (Å²) in [6, 6.07) is 11.5. The van der Waals surface area contributed by atoms with Crippen LogP contribution in [-0.2, 0) is 27.2 Å². The minimum Gasteiger partial charge on any atom is -0.493 e. The van der Waals surface area contributed by atoms with Crippen LogP contribution in [0.3, 0.4) is 0 Å². The third-order valence-corrected chi connectivity index (χ3v) is 8.06. The maximum Gasteiger partial charge on any atom is 0.333 e. The molecule has 3 N–H and O–H groups in total. The Kier molecular flexibility index (Phi) is 7.45. The van der Waals surface area contributed by atoms with Gasteiger partial charge in [0.1, 0.15) is 11.8 Å². The fraction of sp³-hybridized carbons (Fsp3) is 0.467. The minimum absolute atomic E-state index is 0.0539. The highest BCUT2D eigenvalue weighted by Crippen LogP contribution is 2.47. The van der Waals surface area contributed by atoms with Gasteiger partial charge in [-0.05, 0) is 68.2 Å². The Balaban J connectivity index is 1.37. The molecule has 0 saturated heterocycles. The van der Waals surface area contributed by atoms with E-state index in [0.717, 1.165) is 37.7 Å². The quantitative estimate of drug-likeness (QED) is 0.498. The lowest BCUT2D eigenvalue weighted by atomic mass is 9.71. The SMILES string of the molecule is COc1ccc2c3c1O[C@@H]1C[C@@](O)(CC=C1OC(=O)[C@H](C)NC(=O)[C@@H](O)c1ccccc1)[C@H](CCCC3)C2. The molecule has 0 aromatic heterocycles. The number of fused-ring (bicyclic) bond motifs is 4. The number of nitrogens with one attached hydrogen (secondary N) is 1. The van der Waals surface area contributed by atoms with Gasteiger partial charge in [-0.25, -0.2) is 4.79 Å². The molecule has 3 aliphatic rings. The van der Waals surface area contributed by atoms with Gasteiger partial charge in [0.25, 0.3) is 5.91 Å². The van der Waals surface area contributed by atoms with Gasteiger partial charge in [-0.1, -0.05) is 42.8 Å². The first kappa shape index (κ1) is 26.3. The van der Waals surface area contributed by atoms with Gasteiger partial charge in [-0.2, -0.15) is 0 Å². The molecule has 0 radical (unpaired) electrons. The molecule has 0 unspecified atom stereocenters. The number of amides is 1. The van der Waals surface area contributed by atoms with Crippen LogP contribution in [0.25, 0.3) is 0 Å². The lowest BCUT2D eigenvalue weighted by molar-refractivity contribution is -0.147. The molecule has 0 spiro atoms. The van der Waals surface area contributed by atoms with Crippen LogP contribution < -0.4 is 14.8 Å². The molecular formula is C30H35NO7. The van der Waals surface area contributed by atoms with Gasteiger partial charge in [0.2, 0.25) is 0 Å². The number of carbonyl (C=O) groups is 2. The molecule has 38 heavy (non-hydrogen) atoms. The van der Waals surface area contributed by atoms with Crippen molar-refractivity contribution in [1.82, 2.24) is 5.32 Å². The van der Waals surface area contributed by atoms with E-state index in [0.29, 0.717) is 29.2 Å². The normalized spacial score (nSPS) is 25.6. The summed E-state index contributed by atoms with van der Waals surface area (Å²) in [6.07, 6.45) is 4.81. The molecule has 1 amide bonds. The van der Waals surface area contributed by atoms with Gasteiger partial charge in [-0.3, -0.25) is 4.79 Å². The first-order valence-corrected chi connectivity index (χ1v) is 13.3. The van der Waals surface area contributed by atoms with Gasteiger partial charge in [0, 0.05) is 12.0 Å². The van der Waals surface area contributed by atoms with E-state index in [4.69, 9.17) is 14.2 Å². The third-order valence-electron chi connectivity index (χ3n) is 8.06. The van der Waals surface area contributed by atoms with Crippen LogP contribution >= 0.6 is 0 Å². The fourth-order valence-corrected chi connectivity index (χ4v) is 5.86. The predicted molar refractivity (Wildman–Crippen MR) is 140 cm³/mol. The second kappa shape index (κ2) is 10.8. The van der Waals surface area contributed by atoms with Crippen molar-refractivity contribution in [3.05, 3.63) is 71.0 Å². The van der Waals surface area contributed by atoms with Crippen LogP contribution in [0.5, 0.6) is 11.5 Å². The zero-order valence-electron chi connectivity index (χ0n) is 21.8. The highest BCUT2D eigenvalue weighted by atomic mass is 16.6. The fourth-order valence-electron chi connectivity index (χ4n) is 5.86. The van der Waals surface area contributed by atoms with Crippen LogP contribution in [-0.4, -0.2) is 46.9 Å². The molecule has 0 fully saturated rings. The van der Waals surface area contributed by atoms with Crippen LogP contribution in [0.1, 0.15) is 61.8 Å². The lowest BCUT2D eigenvalue weighted by Crippen LogP contribution is -2.47. The van der Waals surface area contributed by atoms with Gasteiger partial charge >= 0.3 is 5.97 Å². The summed E-state index contributed by atoms with van der Waals surface area (Å²) in [6.45, 7) is 1.50. The summed E-state index contributed by atoms with van der Waals surface area (Å²) in [4.78, 5) is 25.6. The number of hydrogen-bond acceptors (Lipinski definition) is 7. The number of rotatable bonds is 6. The van der Waals surface area contributed by atoms with Crippen molar-refractivity contribution in [2.75, 3.05) is 7.11 Å². The summed E-state index contributed by atoms with van der Waals surface area (Å²) in [5.74, 6) is 0.231. The molecule has 1 heterocycles. The van der Waals surface area contributed by atoms with Crippen LogP contribution in [0.2, 0.25) is 0 Å². The monoisotopic (exact) mass is 521 g/mol. The Hall–Kier alpha value is -3.36. The molecule has 2 aliphatic carbocycles. The Morgan fingerprint density at radius 2 is 1.95 bits per heavy atom. The summed E-state index contributed by atoms with van der Waals surface area (Å²) >= 11 is 0. The van der Waals surface area contributed by atoms with Crippen molar-refractivity contribution in [1.29, 1.82) is 0 Å². The average molecular weight is 522 g/mol. The largest absolute Gasteiger partial charge is 0.493 e. The molecule has 1 aliphatic heterocycles. The number of benzene rings is 2. The van der Waals surface area contributed by atoms with Crippen molar-refractivity contribution in [2.24, 2.45) is 5.92 Å². The average Bonchev–Trinajstić information content (AvgIpc) is 2.91. The Morgan fingerprint density at radius 1 is 1.16 bits per heavy atom. The van der Waals surface area contributed by atoms with Gasteiger partial charge in [-0.15, -0.1) is 0 Å². The van der Waals surface area contributed by atoms with E-state index in [1.54, 1.807) is 43.5 Å². The number of hydrogen-bond donors (Lipinski definition) is 3. The topological polar surface area (TPSA) is 114 Å². The van der Waals surface area contributed by atoms with E-state index in [1.165, 1.54) is 12.5 Å². The third kappa shape index (κ3) is 5.15. The van der Waals surface area contributed by atoms with Crippen molar-refractivity contribution in [3.63, 3.8) is 0 Å². The predicted octanol–water partition coefficient (Wildman–Crippen LogP) is 3.53. The summed E-state index contributed by atoms with van der Waals surface area (Å²) in [5.41, 5.74) is 1.69. The maximum atomic E-state index is 13.0. The number of methoxy groups -OCH3 is 1. The number of esters is 1. The number of carbonyl (C=O) groups excluding carboxylic acids is 2. The Labute approximate surface area is 222 Å². The second-order valence-electron chi connectivity index (χ2n) is 10.6. The lowest BCUT2D eigenvalue weighted by Gasteiger charge is -2.41. The molecular weight excluding hydrogens is 486 g/mol. The van der Waals surface area contributed by atoms with Crippen molar-refractivity contribution < 1.29 is 34.0 Å². The summed E-state index contributed by atoms with van der Waals surface area (Å²) < 4.78 is 17.9. The second-order valence-corrected chi connectivity index (χ2v) is 10.6. The maximum absolute atomic E-state index is 13.0. The molecule has 5 rings (SSSR count). The number of aliphatic hydroxyl groups is 2. The van der Waals surface area contributed by atoms with Crippen LogP contribution in [0, 0.1) is 5.92 Å². The van der Waals surface area contributed by atoms with E-state index < -0.39 is 35.7 Å². The van der Waals surface area contributed by atoms with Gasteiger partial charge < -0.3 is 29.7 Å². The molecule has 6 bridgehead atoms. The number of ether oxygens (including phenoxy) is 3. The molecule has 2 aromatic rings. The molecule has 2 aromatic carbocycles. The first-order valence-electron chi connectivity index (χ1n) is 13.3. The summed E-state index contributed by atoms with van der Waals surface area (Å²) in [5, 5.41) is 24.7. The minimum atomic E-state index is -1.40. The van der Waals surface area contributed by atoms with E-state index >= 15 is 0 Å². The Bertz CT molecular complexity index is 1230. The molecule has 5 atom stereocenters. The van der Waals surface area contributed by atoms with E-state index in [9.17, 15) is 19.8 Å². The highest BCUT2D eigenvalue weighted by molar-refractivity contribution is 5.87. The molecule has 202 valence electrons. The summed E-state index contributed by atoms with van der Waals surface area (Å²) in [7, 11) is 1.60. The van der Waals surface area contributed by atoms with Crippen LogP contribution in [0.15, 0.2) is 54.3 Å². The first-order chi connectivity index (χ1) is 18.3.